The Morgan fingerprint density at radius 1 is 1.35 bits per heavy atom. The highest BCUT2D eigenvalue weighted by Crippen LogP contribution is 2.37. The minimum atomic E-state index is -0.549. The zero-order chi connectivity index (χ0) is 18.7. The third kappa shape index (κ3) is 3.85. The van der Waals surface area contributed by atoms with Crippen molar-refractivity contribution < 1.29 is 14.3 Å². The molecule has 1 aliphatic heterocycles. The lowest BCUT2D eigenvalue weighted by molar-refractivity contribution is -0.129. The SMILES string of the molecule is CCC1Oc2ccc(C(N)CC)cc2N(CC(=O)NC2CCCC2)C1=O. The summed E-state index contributed by atoms with van der Waals surface area (Å²) in [5.41, 5.74) is 7.73. The zero-order valence-corrected chi connectivity index (χ0v) is 15.7. The van der Waals surface area contributed by atoms with E-state index in [2.05, 4.69) is 5.32 Å². The molecule has 1 aromatic carbocycles. The first-order valence-electron chi connectivity index (χ1n) is 9.70. The summed E-state index contributed by atoms with van der Waals surface area (Å²) in [6, 6.07) is 5.81. The summed E-state index contributed by atoms with van der Waals surface area (Å²) in [4.78, 5) is 26.9. The van der Waals surface area contributed by atoms with Gasteiger partial charge in [-0.1, -0.05) is 32.8 Å². The molecule has 1 aliphatic carbocycles. The molecule has 1 aromatic rings. The fourth-order valence-electron chi connectivity index (χ4n) is 3.72. The lowest BCUT2D eigenvalue weighted by atomic mass is 10.0. The van der Waals surface area contributed by atoms with Crippen molar-refractivity contribution in [3.8, 4) is 5.75 Å². The quantitative estimate of drug-likeness (QED) is 0.818. The number of amides is 2. The number of anilines is 1. The zero-order valence-electron chi connectivity index (χ0n) is 15.7. The summed E-state index contributed by atoms with van der Waals surface area (Å²) < 4.78 is 5.84. The summed E-state index contributed by atoms with van der Waals surface area (Å²) in [6.45, 7) is 3.95. The molecule has 0 aromatic heterocycles. The lowest BCUT2D eigenvalue weighted by Crippen LogP contribution is -2.50. The third-order valence-electron chi connectivity index (χ3n) is 5.35. The number of nitrogens with two attached hydrogens (primary N) is 1. The Labute approximate surface area is 155 Å². The minimum Gasteiger partial charge on any atom is -0.478 e. The van der Waals surface area contributed by atoms with E-state index in [-0.39, 0.29) is 30.4 Å². The fraction of sp³-hybridized carbons (Fsp3) is 0.600. The second-order valence-electron chi connectivity index (χ2n) is 7.23. The van der Waals surface area contributed by atoms with Gasteiger partial charge in [0.2, 0.25) is 5.91 Å². The van der Waals surface area contributed by atoms with Crippen LogP contribution in [0.5, 0.6) is 5.75 Å². The average molecular weight is 359 g/mol. The standard InChI is InChI=1S/C20H29N3O3/c1-3-15(21)13-9-10-18-16(11-13)23(20(25)17(4-2)26-18)12-19(24)22-14-7-5-6-8-14/h9-11,14-15,17H,3-8,12,21H2,1-2H3,(H,22,24). The number of rotatable bonds is 6. The maximum atomic E-state index is 12.8. The van der Waals surface area contributed by atoms with Crippen LogP contribution < -0.4 is 20.7 Å². The van der Waals surface area contributed by atoms with E-state index in [0.717, 1.165) is 37.7 Å². The summed E-state index contributed by atoms with van der Waals surface area (Å²) in [5.74, 6) is 0.360. The molecule has 3 N–H and O–H groups in total. The number of ether oxygens (including phenoxy) is 1. The first-order chi connectivity index (χ1) is 12.5. The summed E-state index contributed by atoms with van der Waals surface area (Å²) in [5, 5.41) is 3.06. The minimum absolute atomic E-state index is 0.0208. The molecule has 0 bridgehead atoms. The van der Waals surface area contributed by atoms with Crippen LogP contribution in [0.15, 0.2) is 18.2 Å². The number of carbonyl (C=O) groups excluding carboxylic acids is 2. The molecule has 142 valence electrons. The summed E-state index contributed by atoms with van der Waals surface area (Å²) in [6.07, 6.45) is 5.16. The van der Waals surface area contributed by atoms with Crippen LogP contribution >= 0.6 is 0 Å². The smallest absolute Gasteiger partial charge is 0.268 e. The molecule has 6 nitrogen and oxygen atoms in total. The van der Waals surface area contributed by atoms with E-state index < -0.39 is 6.10 Å². The number of carbonyl (C=O) groups is 2. The van der Waals surface area contributed by atoms with Gasteiger partial charge in [-0.25, -0.2) is 0 Å². The van der Waals surface area contributed by atoms with Crippen LogP contribution in [0.4, 0.5) is 5.69 Å². The normalized spacial score (nSPS) is 21.3. The Kier molecular flexibility index (Phi) is 5.81. The molecule has 26 heavy (non-hydrogen) atoms. The van der Waals surface area contributed by atoms with Crippen molar-refractivity contribution in [2.75, 3.05) is 11.4 Å². The maximum absolute atomic E-state index is 12.8. The van der Waals surface area contributed by atoms with Crippen molar-refractivity contribution in [3.05, 3.63) is 23.8 Å². The highest BCUT2D eigenvalue weighted by atomic mass is 16.5. The first kappa shape index (κ1) is 18.7. The Morgan fingerprint density at radius 2 is 2.08 bits per heavy atom. The molecule has 2 aliphatic rings. The van der Waals surface area contributed by atoms with Crippen LogP contribution in [-0.2, 0) is 9.59 Å². The van der Waals surface area contributed by atoms with Gasteiger partial charge in [0.1, 0.15) is 12.3 Å². The van der Waals surface area contributed by atoms with Crippen LogP contribution in [0, 0.1) is 0 Å². The van der Waals surface area contributed by atoms with Gasteiger partial charge in [-0.2, -0.15) is 0 Å². The Bertz CT molecular complexity index is 670. The second kappa shape index (κ2) is 8.08. The molecule has 3 rings (SSSR count). The fourth-order valence-corrected chi connectivity index (χ4v) is 3.72. The topological polar surface area (TPSA) is 84.7 Å². The summed E-state index contributed by atoms with van der Waals surface area (Å²) in [7, 11) is 0. The van der Waals surface area contributed by atoms with Crippen LogP contribution in [0.25, 0.3) is 0 Å². The molecule has 2 unspecified atom stereocenters. The van der Waals surface area contributed by atoms with Gasteiger partial charge in [0.25, 0.3) is 5.91 Å². The van der Waals surface area contributed by atoms with Gasteiger partial charge < -0.3 is 15.8 Å². The van der Waals surface area contributed by atoms with E-state index in [1.165, 1.54) is 0 Å². The average Bonchev–Trinajstić information content (AvgIpc) is 3.15. The van der Waals surface area contributed by atoms with Gasteiger partial charge in [-0.05, 0) is 43.4 Å². The van der Waals surface area contributed by atoms with Crippen molar-refractivity contribution in [2.45, 2.75) is 70.6 Å². The van der Waals surface area contributed by atoms with Crippen molar-refractivity contribution in [2.24, 2.45) is 5.73 Å². The van der Waals surface area contributed by atoms with Crippen molar-refractivity contribution in [3.63, 3.8) is 0 Å². The highest BCUT2D eigenvalue weighted by Gasteiger charge is 2.35. The predicted molar refractivity (Wildman–Crippen MR) is 101 cm³/mol. The molecule has 0 radical (unpaired) electrons. The van der Waals surface area contributed by atoms with E-state index in [1.54, 1.807) is 4.90 Å². The van der Waals surface area contributed by atoms with Crippen LogP contribution in [0.2, 0.25) is 0 Å². The number of hydrogen-bond donors (Lipinski definition) is 2. The number of fused-ring (bicyclic) bond motifs is 1. The van der Waals surface area contributed by atoms with Crippen LogP contribution in [0.1, 0.15) is 64.0 Å². The Hall–Kier alpha value is -2.08. The Balaban J connectivity index is 1.84. The molecule has 6 heteroatoms. The molecule has 0 spiro atoms. The highest BCUT2D eigenvalue weighted by molar-refractivity contribution is 6.04. The lowest BCUT2D eigenvalue weighted by Gasteiger charge is -2.34. The molecule has 1 fully saturated rings. The number of nitrogens with one attached hydrogen (secondary N) is 1. The van der Waals surface area contributed by atoms with E-state index in [1.807, 2.05) is 32.0 Å². The predicted octanol–water partition coefficient (Wildman–Crippen LogP) is 2.66. The maximum Gasteiger partial charge on any atom is 0.268 e. The molecule has 2 atom stereocenters. The molecule has 2 amide bonds. The van der Waals surface area contributed by atoms with Gasteiger partial charge >= 0.3 is 0 Å². The number of hydrogen-bond acceptors (Lipinski definition) is 4. The first-order valence-corrected chi connectivity index (χ1v) is 9.70. The third-order valence-corrected chi connectivity index (χ3v) is 5.35. The second-order valence-corrected chi connectivity index (χ2v) is 7.23. The molecule has 1 heterocycles. The van der Waals surface area contributed by atoms with Crippen LogP contribution in [0.3, 0.4) is 0 Å². The molecular formula is C20H29N3O3. The monoisotopic (exact) mass is 359 g/mol. The molecule has 0 saturated heterocycles. The van der Waals surface area contributed by atoms with Crippen molar-refractivity contribution in [1.29, 1.82) is 0 Å². The Morgan fingerprint density at radius 3 is 2.73 bits per heavy atom. The largest absolute Gasteiger partial charge is 0.478 e. The van der Waals surface area contributed by atoms with Gasteiger partial charge in [-0.3, -0.25) is 14.5 Å². The van der Waals surface area contributed by atoms with E-state index in [4.69, 9.17) is 10.5 Å². The summed E-state index contributed by atoms with van der Waals surface area (Å²) >= 11 is 0. The van der Waals surface area contributed by atoms with Crippen LogP contribution in [-0.4, -0.2) is 30.5 Å². The van der Waals surface area contributed by atoms with Crippen molar-refractivity contribution in [1.82, 2.24) is 5.32 Å². The van der Waals surface area contributed by atoms with Gasteiger partial charge in [0.05, 0.1) is 5.69 Å². The van der Waals surface area contributed by atoms with E-state index >= 15 is 0 Å². The molecular weight excluding hydrogens is 330 g/mol. The number of benzene rings is 1. The van der Waals surface area contributed by atoms with Gasteiger partial charge in [0, 0.05) is 12.1 Å². The number of nitrogens with zero attached hydrogens (tertiary/aromatic N) is 1. The molecule has 1 saturated carbocycles. The van der Waals surface area contributed by atoms with E-state index in [9.17, 15) is 9.59 Å². The van der Waals surface area contributed by atoms with Gasteiger partial charge in [0.15, 0.2) is 6.10 Å². The van der Waals surface area contributed by atoms with E-state index in [0.29, 0.717) is 17.9 Å². The van der Waals surface area contributed by atoms with Gasteiger partial charge in [-0.15, -0.1) is 0 Å². The van der Waals surface area contributed by atoms with Crippen molar-refractivity contribution >= 4 is 17.5 Å².